The van der Waals surface area contributed by atoms with Crippen LogP contribution in [0.4, 0.5) is 9.32 Å². The molecule has 0 rings (SSSR count). The van der Waals surface area contributed by atoms with Gasteiger partial charge in [0.1, 0.15) is 6.54 Å². The lowest BCUT2D eigenvalue weighted by molar-refractivity contribution is -0.182. The van der Waals surface area contributed by atoms with Gasteiger partial charge in [-0.15, -0.1) is 0 Å². The molecule has 0 fully saturated rings. The zero-order valence-electron chi connectivity index (χ0n) is 5.22. The Kier molecular flexibility index (Phi) is 3.94. The molecule has 0 bridgehead atoms. The monoisotopic (exact) mass is 151 g/mol. The number of alkyl carbamates (subject to hydrolysis) is 1. The van der Waals surface area contributed by atoms with Crippen molar-refractivity contribution in [2.45, 2.75) is 0 Å². The van der Waals surface area contributed by atoms with Gasteiger partial charge in [0, 0.05) is 4.53 Å². The number of hydrogen-bond donors (Lipinski definition) is 1. The largest absolute Gasteiger partial charge is 0.453 e. The highest BCUT2D eigenvalue weighted by molar-refractivity contribution is 5.77. The minimum absolute atomic E-state index is 0.539. The van der Waals surface area contributed by atoms with E-state index in [1.807, 2.05) is 5.32 Å². The van der Waals surface area contributed by atoms with Gasteiger partial charge in [0.2, 0.25) is 0 Å². The van der Waals surface area contributed by atoms with Crippen LogP contribution in [0.5, 0.6) is 0 Å². The van der Waals surface area contributed by atoms with Crippen molar-refractivity contribution < 1.29 is 23.8 Å². The minimum Gasteiger partial charge on any atom is -0.453 e. The highest BCUT2D eigenvalue weighted by Gasteiger charge is 2.04. The Morgan fingerprint density at radius 3 is 2.60 bits per heavy atom. The Balaban J connectivity index is 3.35. The Hall–Kier alpha value is -1.33. The second-order valence-electron chi connectivity index (χ2n) is 1.29. The number of rotatable bonds is 2. The molecule has 0 aliphatic heterocycles. The highest BCUT2D eigenvalue weighted by atomic mass is 19.3. The fourth-order valence-electron chi connectivity index (χ4n) is 0.244. The first-order chi connectivity index (χ1) is 4.70. The number of amides is 1. The van der Waals surface area contributed by atoms with Gasteiger partial charge in [-0.25, -0.2) is 9.59 Å². The van der Waals surface area contributed by atoms with E-state index in [9.17, 15) is 14.1 Å². The third kappa shape index (κ3) is 3.65. The van der Waals surface area contributed by atoms with Gasteiger partial charge in [0.25, 0.3) is 0 Å². The lowest BCUT2D eigenvalue weighted by Gasteiger charge is -1.97. The molecule has 5 nitrogen and oxygen atoms in total. The van der Waals surface area contributed by atoms with E-state index in [0.717, 1.165) is 7.11 Å². The van der Waals surface area contributed by atoms with Crippen molar-refractivity contribution >= 4 is 12.1 Å². The van der Waals surface area contributed by atoms with E-state index in [4.69, 9.17) is 0 Å². The molecule has 0 aromatic carbocycles. The summed E-state index contributed by atoms with van der Waals surface area (Å²) in [6.07, 6.45) is -0.814. The summed E-state index contributed by atoms with van der Waals surface area (Å²) in [7, 11) is 1.12. The normalized spacial score (nSPS) is 8.20. The lowest BCUT2D eigenvalue weighted by atomic mass is 10.7. The molecule has 1 N–H and O–H groups in total. The molecule has 0 atom stereocenters. The van der Waals surface area contributed by atoms with E-state index in [1.54, 1.807) is 0 Å². The first-order valence-corrected chi connectivity index (χ1v) is 2.34. The molecule has 0 aromatic heterocycles. The van der Waals surface area contributed by atoms with Gasteiger partial charge in [-0.2, -0.15) is 0 Å². The summed E-state index contributed by atoms with van der Waals surface area (Å²) in [6, 6.07) is 0. The SMILES string of the molecule is COC(=O)NCC(=O)OF. The fraction of sp³-hybridized carbons (Fsp3) is 0.500. The summed E-state index contributed by atoms with van der Waals surface area (Å²) >= 11 is 0. The number of carbonyl (C=O) groups is 2. The maximum Gasteiger partial charge on any atom is 0.407 e. The van der Waals surface area contributed by atoms with Crippen LogP contribution in [0.1, 0.15) is 0 Å². The van der Waals surface area contributed by atoms with Gasteiger partial charge in [0.05, 0.1) is 7.11 Å². The number of ether oxygens (including phenoxy) is 1. The third-order valence-corrected chi connectivity index (χ3v) is 0.649. The van der Waals surface area contributed by atoms with Crippen LogP contribution in [0.2, 0.25) is 0 Å². The highest BCUT2D eigenvalue weighted by Crippen LogP contribution is 1.76. The van der Waals surface area contributed by atoms with E-state index in [-0.39, 0.29) is 0 Å². The quantitative estimate of drug-likeness (QED) is 0.592. The Morgan fingerprint density at radius 2 is 2.20 bits per heavy atom. The molecular weight excluding hydrogens is 145 g/mol. The predicted molar refractivity (Wildman–Crippen MR) is 27.6 cm³/mol. The van der Waals surface area contributed by atoms with Gasteiger partial charge >= 0.3 is 12.1 Å². The van der Waals surface area contributed by atoms with Gasteiger partial charge < -0.3 is 10.1 Å². The van der Waals surface area contributed by atoms with Gasteiger partial charge in [-0.1, -0.05) is 0 Å². The number of methoxy groups -OCH3 is 1. The van der Waals surface area contributed by atoms with Crippen LogP contribution < -0.4 is 5.32 Å². The van der Waals surface area contributed by atoms with Crippen LogP contribution in [0, 0.1) is 0 Å². The van der Waals surface area contributed by atoms with Crippen LogP contribution in [0.15, 0.2) is 0 Å². The summed E-state index contributed by atoms with van der Waals surface area (Å²) < 4.78 is 15.0. The molecule has 6 heteroatoms. The predicted octanol–water partition coefficient (Wildman–Crippen LogP) is -0.230. The first kappa shape index (κ1) is 8.67. The van der Waals surface area contributed by atoms with Crippen molar-refractivity contribution in [3.63, 3.8) is 0 Å². The summed E-state index contributed by atoms with van der Waals surface area (Å²) in [5.74, 6) is -1.18. The van der Waals surface area contributed by atoms with Gasteiger partial charge in [-0.3, -0.25) is 4.94 Å². The maximum atomic E-state index is 10.9. The van der Waals surface area contributed by atoms with E-state index in [2.05, 4.69) is 9.68 Å². The van der Waals surface area contributed by atoms with Crippen molar-refractivity contribution in [2.75, 3.05) is 13.7 Å². The Labute approximate surface area is 56.0 Å². The second-order valence-corrected chi connectivity index (χ2v) is 1.29. The van der Waals surface area contributed by atoms with Gasteiger partial charge in [-0.05, 0) is 0 Å². The molecule has 0 heterocycles. The molecule has 0 saturated carbocycles. The smallest absolute Gasteiger partial charge is 0.407 e. The molecule has 10 heavy (non-hydrogen) atoms. The van der Waals surface area contributed by atoms with E-state index in [0.29, 0.717) is 0 Å². The summed E-state index contributed by atoms with van der Waals surface area (Å²) in [5.41, 5.74) is 0. The average molecular weight is 151 g/mol. The number of halogens is 1. The molecule has 0 unspecified atom stereocenters. The number of nitrogens with one attached hydrogen (secondary N) is 1. The molecule has 0 radical (unpaired) electrons. The van der Waals surface area contributed by atoms with E-state index in [1.165, 1.54) is 0 Å². The maximum absolute atomic E-state index is 10.9. The molecule has 1 amide bonds. The minimum atomic E-state index is -1.18. The number of hydrogen-bond acceptors (Lipinski definition) is 4. The van der Waals surface area contributed by atoms with Crippen LogP contribution in [0.25, 0.3) is 0 Å². The molecule has 0 aliphatic carbocycles. The van der Waals surface area contributed by atoms with Crippen LogP contribution in [0.3, 0.4) is 0 Å². The van der Waals surface area contributed by atoms with Gasteiger partial charge in [0.15, 0.2) is 0 Å². The van der Waals surface area contributed by atoms with Crippen molar-refractivity contribution in [1.29, 1.82) is 0 Å². The average Bonchev–Trinajstić information content (AvgIpc) is 1.99. The summed E-state index contributed by atoms with van der Waals surface area (Å²) in [6.45, 7) is -0.539. The van der Waals surface area contributed by atoms with Crippen molar-refractivity contribution in [3.8, 4) is 0 Å². The molecule has 0 aromatic rings. The second kappa shape index (κ2) is 4.54. The van der Waals surface area contributed by atoms with E-state index < -0.39 is 18.6 Å². The van der Waals surface area contributed by atoms with E-state index >= 15 is 0 Å². The van der Waals surface area contributed by atoms with Crippen molar-refractivity contribution in [3.05, 3.63) is 0 Å². The lowest BCUT2D eigenvalue weighted by Crippen LogP contribution is -2.29. The third-order valence-electron chi connectivity index (χ3n) is 0.649. The zero-order chi connectivity index (χ0) is 7.98. The zero-order valence-corrected chi connectivity index (χ0v) is 5.22. The topological polar surface area (TPSA) is 64.6 Å². The molecule has 0 saturated heterocycles. The Bertz CT molecular complexity index is 121. The number of carbonyl (C=O) groups excluding carboxylic acids is 2. The van der Waals surface area contributed by atoms with Crippen molar-refractivity contribution in [1.82, 2.24) is 5.32 Å². The fourth-order valence-corrected chi connectivity index (χ4v) is 0.244. The molecular formula is C4H6FNO4. The standard InChI is InChI=1S/C4H6FNO4/c1-9-4(8)6-2-3(7)10-5/h2H2,1H3,(H,6,8). The summed E-state index contributed by atoms with van der Waals surface area (Å²) in [5, 5.41) is 1.91. The van der Waals surface area contributed by atoms with Crippen LogP contribution in [-0.2, 0) is 14.5 Å². The molecule has 0 spiro atoms. The Morgan fingerprint density at radius 1 is 1.60 bits per heavy atom. The van der Waals surface area contributed by atoms with Crippen molar-refractivity contribution in [2.24, 2.45) is 0 Å². The molecule has 58 valence electrons. The first-order valence-electron chi connectivity index (χ1n) is 2.34. The summed E-state index contributed by atoms with van der Waals surface area (Å²) in [4.78, 5) is 22.9. The van der Waals surface area contributed by atoms with Crippen LogP contribution in [-0.4, -0.2) is 25.7 Å². The van der Waals surface area contributed by atoms with Crippen LogP contribution >= 0.6 is 0 Å². The molecule has 0 aliphatic rings.